The van der Waals surface area contributed by atoms with Crippen molar-refractivity contribution in [1.29, 1.82) is 0 Å². The number of phenolic OH excluding ortho intramolecular Hbond substituents is 7. The molecule has 0 unspecified atom stereocenters. The van der Waals surface area contributed by atoms with Crippen molar-refractivity contribution in [2.24, 2.45) is 0 Å². The molecule has 12 heteroatoms. The first-order valence-corrected chi connectivity index (χ1v) is 11.2. The lowest BCUT2D eigenvalue weighted by molar-refractivity contribution is -0.0476. The standard InChI is InChI=1S/C25H23N3O9/c29-15-6-18(31)16-8-23(25(37-22(16)7-15)13-1-2-17(30)19(32)5-13)36-11-14-10-28(27-26-14)9-12-3-20(33)24(35)21(34)4-12/h1-7,10,23,25,29-35H,8-9,11H2/t23-,25-/m1/s1. The third kappa shape index (κ3) is 4.82. The summed E-state index contributed by atoms with van der Waals surface area (Å²) in [5.41, 5.74) is 1.88. The first-order valence-electron chi connectivity index (χ1n) is 11.2. The number of ether oxygens (including phenoxy) is 2. The Morgan fingerprint density at radius 3 is 2.35 bits per heavy atom. The Morgan fingerprint density at radius 1 is 0.865 bits per heavy atom. The third-order valence-electron chi connectivity index (χ3n) is 6.00. The van der Waals surface area contributed by atoms with Crippen LogP contribution in [-0.2, 0) is 24.3 Å². The summed E-state index contributed by atoms with van der Waals surface area (Å²) in [6.07, 6.45) is 0.421. The highest BCUT2D eigenvalue weighted by molar-refractivity contribution is 5.52. The maximum atomic E-state index is 10.3. The molecule has 192 valence electrons. The van der Waals surface area contributed by atoms with E-state index >= 15 is 0 Å². The van der Waals surface area contributed by atoms with E-state index in [1.807, 2.05) is 0 Å². The molecule has 0 saturated heterocycles. The summed E-state index contributed by atoms with van der Waals surface area (Å²) in [5.74, 6) is -2.21. The van der Waals surface area contributed by atoms with Crippen molar-refractivity contribution in [3.8, 4) is 46.0 Å². The number of aromatic hydroxyl groups is 7. The fourth-order valence-electron chi connectivity index (χ4n) is 4.21. The minimum absolute atomic E-state index is 0.00878. The molecule has 0 aliphatic carbocycles. The molecule has 7 N–H and O–H groups in total. The van der Waals surface area contributed by atoms with Gasteiger partial charge in [0.15, 0.2) is 34.9 Å². The van der Waals surface area contributed by atoms with Crippen LogP contribution in [0.1, 0.15) is 28.5 Å². The molecular weight excluding hydrogens is 486 g/mol. The molecule has 1 aliphatic heterocycles. The molecule has 2 heterocycles. The lowest BCUT2D eigenvalue weighted by Crippen LogP contribution is -2.33. The van der Waals surface area contributed by atoms with Crippen molar-refractivity contribution in [2.75, 3.05) is 0 Å². The highest BCUT2D eigenvalue weighted by Crippen LogP contribution is 2.44. The quantitative estimate of drug-likeness (QED) is 0.189. The van der Waals surface area contributed by atoms with Crippen LogP contribution in [0.5, 0.6) is 46.0 Å². The van der Waals surface area contributed by atoms with Crippen LogP contribution in [0.25, 0.3) is 0 Å². The largest absolute Gasteiger partial charge is 0.508 e. The molecule has 5 rings (SSSR count). The normalized spacial score (nSPS) is 16.8. The van der Waals surface area contributed by atoms with E-state index in [-0.39, 0.29) is 48.3 Å². The van der Waals surface area contributed by atoms with Crippen LogP contribution in [0, 0.1) is 0 Å². The van der Waals surface area contributed by atoms with Gasteiger partial charge in [0.2, 0.25) is 0 Å². The Balaban J connectivity index is 1.35. The Morgan fingerprint density at radius 2 is 1.62 bits per heavy atom. The van der Waals surface area contributed by atoms with Crippen LogP contribution in [0.2, 0.25) is 0 Å². The van der Waals surface area contributed by atoms with Gasteiger partial charge in [0, 0.05) is 24.1 Å². The zero-order valence-corrected chi connectivity index (χ0v) is 19.2. The molecule has 0 fully saturated rings. The van der Waals surface area contributed by atoms with Gasteiger partial charge >= 0.3 is 0 Å². The number of benzene rings is 3. The molecule has 0 saturated carbocycles. The molecule has 37 heavy (non-hydrogen) atoms. The molecule has 12 nitrogen and oxygen atoms in total. The summed E-state index contributed by atoms with van der Waals surface area (Å²) >= 11 is 0. The number of aromatic nitrogens is 3. The first kappa shape index (κ1) is 23.9. The smallest absolute Gasteiger partial charge is 0.200 e. The van der Waals surface area contributed by atoms with Gasteiger partial charge in [-0.25, -0.2) is 4.68 Å². The third-order valence-corrected chi connectivity index (χ3v) is 6.00. The lowest BCUT2D eigenvalue weighted by Gasteiger charge is -2.34. The predicted octanol–water partition coefficient (Wildman–Crippen LogP) is 2.53. The molecule has 0 spiro atoms. The van der Waals surface area contributed by atoms with Crippen LogP contribution in [0.3, 0.4) is 0 Å². The van der Waals surface area contributed by atoms with Crippen LogP contribution in [-0.4, -0.2) is 56.8 Å². The Bertz CT molecular complexity index is 1450. The van der Waals surface area contributed by atoms with E-state index in [0.29, 0.717) is 22.4 Å². The number of hydrogen-bond donors (Lipinski definition) is 7. The van der Waals surface area contributed by atoms with Crippen molar-refractivity contribution in [3.05, 3.63) is 71.0 Å². The molecule has 0 bridgehead atoms. The van der Waals surface area contributed by atoms with E-state index < -0.39 is 29.5 Å². The molecule has 0 amide bonds. The van der Waals surface area contributed by atoms with Gasteiger partial charge in [-0.2, -0.15) is 0 Å². The van der Waals surface area contributed by atoms with Crippen LogP contribution >= 0.6 is 0 Å². The average Bonchev–Trinajstić information content (AvgIpc) is 3.29. The lowest BCUT2D eigenvalue weighted by atomic mass is 9.93. The zero-order chi connectivity index (χ0) is 26.3. The van der Waals surface area contributed by atoms with Gasteiger partial charge in [-0.05, 0) is 35.4 Å². The summed E-state index contributed by atoms with van der Waals surface area (Å²) in [4.78, 5) is 0. The van der Waals surface area contributed by atoms with Gasteiger partial charge in [-0.15, -0.1) is 5.10 Å². The average molecular weight is 509 g/mol. The van der Waals surface area contributed by atoms with E-state index in [0.717, 1.165) is 0 Å². The monoisotopic (exact) mass is 509 g/mol. The van der Waals surface area contributed by atoms with Gasteiger partial charge in [0.05, 0.1) is 19.3 Å². The van der Waals surface area contributed by atoms with E-state index in [9.17, 15) is 35.7 Å². The highest BCUT2D eigenvalue weighted by Gasteiger charge is 2.35. The Kier molecular flexibility index (Phi) is 6.01. The van der Waals surface area contributed by atoms with Crippen molar-refractivity contribution >= 4 is 0 Å². The van der Waals surface area contributed by atoms with Gasteiger partial charge in [0.1, 0.15) is 29.0 Å². The molecule has 0 radical (unpaired) electrons. The van der Waals surface area contributed by atoms with E-state index in [4.69, 9.17) is 9.47 Å². The molecule has 1 aliphatic rings. The summed E-state index contributed by atoms with van der Waals surface area (Å²) in [5, 5.41) is 76.9. The number of phenols is 7. The first-order chi connectivity index (χ1) is 17.7. The number of hydrogen-bond acceptors (Lipinski definition) is 11. The fraction of sp³-hybridized carbons (Fsp3) is 0.200. The second kappa shape index (κ2) is 9.32. The summed E-state index contributed by atoms with van der Waals surface area (Å²) in [7, 11) is 0. The van der Waals surface area contributed by atoms with Crippen molar-refractivity contribution in [3.63, 3.8) is 0 Å². The van der Waals surface area contributed by atoms with Gasteiger partial charge in [0.25, 0.3) is 0 Å². The predicted molar refractivity (Wildman–Crippen MR) is 126 cm³/mol. The summed E-state index contributed by atoms with van der Waals surface area (Å²) < 4.78 is 13.6. The Labute approximate surface area is 209 Å². The number of fused-ring (bicyclic) bond motifs is 1. The van der Waals surface area contributed by atoms with E-state index in [1.165, 1.54) is 41.1 Å². The van der Waals surface area contributed by atoms with Crippen molar-refractivity contribution < 1.29 is 45.2 Å². The van der Waals surface area contributed by atoms with Crippen LogP contribution < -0.4 is 4.74 Å². The molecule has 2 atom stereocenters. The molecular formula is C25H23N3O9. The highest BCUT2D eigenvalue weighted by atomic mass is 16.5. The second-order valence-corrected chi connectivity index (χ2v) is 8.67. The fourth-order valence-corrected chi connectivity index (χ4v) is 4.21. The SMILES string of the molecule is Oc1cc(O)c2c(c1)O[C@H](c1ccc(O)c(O)c1)[C@H](OCc1cn(Cc3cc(O)c(O)c(O)c3)nn1)C2. The molecule has 4 aromatic rings. The molecule has 3 aromatic carbocycles. The summed E-state index contributed by atoms with van der Waals surface area (Å²) in [6.45, 7) is 0.163. The van der Waals surface area contributed by atoms with Crippen molar-refractivity contribution in [2.45, 2.75) is 31.8 Å². The van der Waals surface area contributed by atoms with Crippen LogP contribution in [0.4, 0.5) is 0 Å². The van der Waals surface area contributed by atoms with Gasteiger partial charge in [-0.3, -0.25) is 0 Å². The minimum Gasteiger partial charge on any atom is -0.508 e. The zero-order valence-electron chi connectivity index (χ0n) is 19.2. The van der Waals surface area contributed by atoms with Crippen LogP contribution in [0.15, 0.2) is 48.7 Å². The maximum Gasteiger partial charge on any atom is 0.200 e. The van der Waals surface area contributed by atoms with E-state index in [1.54, 1.807) is 12.3 Å². The van der Waals surface area contributed by atoms with Gasteiger partial charge < -0.3 is 45.2 Å². The maximum absolute atomic E-state index is 10.3. The minimum atomic E-state index is -0.752. The number of rotatable bonds is 6. The van der Waals surface area contributed by atoms with Gasteiger partial charge in [-0.1, -0.05) is 11.3 Å². The molecule has 1 aromatic heterocycles. The summed E-state index contributed by atoms with van der Waals surface area (Å²) in [6, 6.07) is 9.42. The number of nitrogens with zero attached hydrogens (tertiary/aromatic N) is 3. The topological polar surface area (TPSA) is 191 Å². The van der Waals surface area contributed by atoms with Crippen molar-refractivity contribution in [1.82, 2.24) is 15.0 Å². The Hall–Kier alpha value is -4.84. The second-order valence-electron chi connectivity index (χ2n) is 8.67. The van der Waals surface area contributed by atoms with E-state index in [2.05, 4.69) is 10.3 Å².